The van der Waals surface area contributed by atoms with E-state index in [0.29, 0.717) is 27.9 Å². The molecule has 2 heterocycles. The lowest BCUT2D eigenvalue weighted by Crippen LogP contribution is -2.36. The molecule has 1 unspecified atom stereocenters. The van der Waals surface area contributed by atoms with Crippen LogP contribution in [0.5, 0.6) is 0 Å². The van der Waals surface area contributed by atoms with Crippen LogP contribution in [0.15, 0.2) is 76.9 Å². The van der Waals surface area contributed by atoms with E-state index in [4.69, 9.17) is 17.3 Å². The summed E-state index contributed by atoms with van der Waals surface area (Å²) in [6, 6.07) is 4.26. The molecule has 11 heteroatoms. The fourth-order valence-corrected chi connectivity index (χ4v) is 3.77. The lowest BCUT2D eigenvalue weighted by molar-refractivity contribution is -0.112. The maximum absolute atomic E-state index is 15.0. The van der Waals surface area contributed by atoms with Crippen LogP contribution < -0.4 is 10.7 Å². The number of hydrogen-bond donors (Lipinski definition) is 1. The fraction of sp³-hybridized carbons (Fsp3) is 0.217. The van der Waals surface area contributed by atoms with Gasteiger partial charge in [0.1, 0.15) is 5.82 Å². The highest BCUT2D eigenvalue weighted by Gasteiger charge is 2.26. The van der Waals surface area contributed by atoms with Gasteiger partial charge in [-0.15, -0.1) is 11.6 Å². The molecule has 4 rings (SSSR count). The van der Waals surface area contributed by atoms with Crippen LogP contribution in [0.1, 0.15) is 19.4 Å². The number of Topliss-reactive ketones (excluding diaryl/α,β-unsaturated/α-hetero) is 1. The number of benzene rings is 1. The Bertz CT molecular complexity index is 1250. The van der Waals surface area contributed by atoms with E-state index in [9.17, 15) is 13.6 Å². The number of alkyl halides is 3. The van der Waals surface area contributed by atoms with Crippen molar-refractivity contribution in [2.75, 3.05) is 11.6 Å². The van der Waals surface area contributed by atoms with Crippen molar-refractivity contribution in [2.45, 2.75) is 24.8 Å². The minimum atomic E-state index is -2.79. The first-order valence-electron chi connectivity index (χ1n) is 10.4. The largest absolute Gasteiger partial charge is 0.405 e. The summed E-state index contributed by atoms with van der Waals surface area (Å²) >= 11 is 6.15. The Morgan fingerprint density at radius 3 is 2.82 bits per heavy atom. The lowest BCUT2D eigenvalue weighted by atomic mass is 10.0. The quantitative estimate of drug-likeness (QED) is 0.476. The Labute approximate surface area is 198 Å². The second-order valence-corrected chi connectivity index (χ2v) is 8.08. The van der Waals surface area contributed by atoms with Gasteiger partial charge in [0, 0.05) is 36.8 Å². The van der Waals surface area contributed by atoms with Gasteiger partial charge in [-0.05, 0) is 36.0 Å². The Hall–Kier alpha value is -3.66. The summed E-state index contributed by atoms with van der Waals surface area (Å²) in [5.74, 6) is -0.878. The highest BCUT2D eigenvalue weighted by Crippen LogP contribution is 2.29. The zero-order chi connectivity index (χ0) is 24.2. The van der Waals surface area contributed by atoms with E-state index in [0.717, 1.165) is 6.20 Å². The topological polar surface area (TPSA) is 88.9 Å². The molecule has 1 atom stereocenters. The first-order chi connectivity index (χ1) is 16.4. The number of aliphatic imine (C=N–C) groups is 1. The average Bonchev–Trinajstić information content (AvgIpc) is 3.30. The van der Waals surface area contributed by atoms with Gasteiger partial charge in [-0.3, -0.25) is 14.8 Å². The van der Waals surface area contributed by atoms with E-state index in [1.807, 2.05) is 6.08 Å². The SMILES string of the molecule is NC=CC(=NC1=CC=CC(Cl)C1)C1=NN(c2ccc(-c3cnn(C(F)F)c3)cc2F)CCC1=O. The van der Waals surface area contributed by atoms with Crippen LogP contribution >= 0.6 is 11.6 Å². The van der Waals surface area contributed by atoms with Crippen molar-refractivity contribution in [1.82, 2.24) is 9.78 Å². The molecule has 0 saturated heterocycles. The number of hydrogen-bond acceptors (Lipinski definition) is 6. The fourth-order valence-electron chi connectivity index (χ4n) is 3.53. The van der Waals surface area contributed by atoms with Gasteiger partial charge < -0.3 is 5.73 Å². The Morgan fingerprint density at radius 2 is 2.15 bits per heavy atom. The van der Waals surface area contributed by atoms with Gasteiger partial charge in [0.25, 0.3) is 0 Å². The standard InChI is InChI=1S/C23H20ClF3N6O/c24-16-2-1-3-17(11-16)30-19(6-8-28)22-21(34)7-9-32(31-22)20-5-4-14(10-18(20)25)15-12-29-33(13-15)23(26)27/h1-6,8,10,12-13,16,23H,7,9,11,28H2. The number of carbonyl (C=O) groups excluding carboxylic acids is 1. The number of allylic oxidation sites excluding steroid dienone is 5. The third-order valence-electron chi connectivity index (χ3n) is 5.17. The van der Waals surface area contributed by atoms with E-state index < -0.39 is 12.4 Å². The zero-order valence-electron chi connectivity index (χ0n) is 17.8. The molecular weight excluding hydrogens is 469 g/mol. The first kappa shape index (κ1) is 23.5. The van der Waals surface area contributed by atoms with E-state index in [1.165, 1.54) is 35.6 Å². The van der Waals surface area contributed by atoms with Gasteiger partial charge in [0.15, 0.2) is 11.5 Å². The average molecular weight is 489 g/mol. The molecule has 2 aromatic rings. The molecule has 1 aliphatic carbocycles. The van der Waals surface area contributed by atoms with Gasteiger partial charge in [0.2, 0.25) is 0 Å². The van der Waals surface area contributed by atoms with Gasteiger partial charge in [-0.25, -0.2) is 9.07 Å². The number of anilines is 1. The number of hydrazone groups is 1. The lowest BCUT2D eigenvalue weighted by Gasteiger charge is -2.25. The summed E-state index contributed by atoms with van der Waals surface area (Å²) in [6.07, 6.45) is 11.0. The predicted octanol–water partition coefficient (Wildman–Crippen LogP) is 4.58. The van der Waals surface area contributed by atoms with Crippen LogP contribution in [0.2, 0.25) is 0 Å². The van der Waals surface area contributed by atoms with Crippen molar-refractivity contribution < 1.29 is 18.0 Å². The van der Waals surface area contributed by atoms with Crippen LogP contribution in [0.4, 0.5) is 18.9 Å². The van der Waals surface area contributed by atoms with E-state index >= 15 is 4.39 Å². The van der Waals surface area contributed by atoms with E-state index in [-0.39, 0.29) is 41.2 Å². The second-order valence-electron chi connectivity index (χ2n) is 7.52. The molecule has 1 aromatic heterocycles. The molecule has 1 aliphatic heterocycles. The van der Waals surface area contributed by atoms with Gasteiger partial charge in [-0.2, -0.15) is 19.0 Å². The van der Waals surface area contributed by atoms with Crippen molar-refractivity contribution in [3.63, 3.8) is 0 Å². The number of halogens is 4. The first-order valence-corrected chi connectivity index (χ1v) is 10.8. The smallest absolute Gasteiger partial charge is 0.333 e. The summed E-state index contributed by atoms with van der Waals surface area (Å²) in [5, 5.41) is 9.08. The van der Waals surface area contributed by atoms with Crippen LogP contribution in [0.25, 0.3) is 11.1 Å². The molecule has 1 aromatic carbocycles. The molecule has 7 nitrogen and oxygen atoms in total. The molecule has 0 radical (unpaired) electrons. The Balaban J connectivity index is 1.65. The van der Waals surface area contributed by atoms with Crippen molar-refractivity contribution in [2.24, 2.45) is 15.8 Å². The molecule has 0 saturated carbocycles. The summed E-state index contributed by atoms with van der Waals surface area (Å²) in [7, 11) is 0. The molecule has 2 aliphatic rings. The minimum Gasteiger partial charge on any atom is -0.405 e. The molecule has 0 spiro atoms. The number of carbonyl (C=O) groups is 1. The second kappa shape index (κ2) is 10.1. The van der Waals surface area contributed by atoms with Gasteiger partial charge >= 0.3 is 6.55 Å². The number of nitrogens with zero attached hydrogens (tertiary/aromatic N) is 5. The summed E-state index contributed by atoms with van der Waals surface area (Å²) in [5.41, 5.74) is 7.38. The normalized spacial score (nSPS) is 19.2. The van der Waals surface area contributed by atoms with Crippen molar-refractivity contribution in [1.29, 1.82) is 0 Å². The molecule has 0 fully saturated rings. The molecular formula is C23H20ClF3N6O. The summed E-state index contributed by atoms with van der Waals surface area (Å²) in [4.78, 5) is 17.1. The van der Waals surface area contributed by atoms with Crippen LogP contribution in [0, 0.1) is 5.82 Å². The summed E-state index contributed by atoms with van der Waals surface area (Å²) in [6.45, 7) is -2.62. The van der Waals surface area contributed by atoms with Crippen LogP contribution in [-0.2, 0) is 4.79 Å². The van der Waals surface area contributed by atoms with Crippen molar-refractivity contribution in [3.05, 3.63) is 72.6 Å². The zero-order valence-corrected chi connectivity index (χ0v) is 18.5. The molecule has 176 valence electrons. The highest BCUT2D eigenvalue weighted by molar-refractivity contribution is 6.70. The number of ketones is 1. The van der Waals surface area contributed by atoms with Crippen LogP contribution in [-0.4, -0.2) is 38.9 Å². The van der Waals surface area contributed by atoms with Gasteiger partial charge in [-0.1, -0.05) is 18.2 Å². The third kappa shape index (κ3) is 5.12. The number of aromatic nitrogens is 2. The molecule has 0 amide bonds. The van der Waals surface area contributed by atoms with Gasteiger partial charge in [0.05, 0.1) is 23.0 Å². The predicted molar refractivity (Wildman–Crippen MR) is 126 cm³/mol. The molecule has 0 bridgehead atoms. The Morgan fingerprint density at radius 1 is 1.32 bits per heavy atom. The van der Waals surface area contributed by atoms with Crippen molar-refractivity contribution >= 4 is 34.5 Å². The molecule has 34 heavy (non-hydrogen) atoms. The van der Waals surface area contributed by atoms with Crippen molar-refractivity contribution in [3.8, 4) is 11.1 Å². The molecule has 2 N–H and O–H groups in total. The van der Waals surface area contributed by atoms with E-state index in [2.05, 4.69) is 15.2 Å². The number of rotatable bonds is 6. The van der Waals surface area contributed by atoms with E-state index in [1.54, 1.807) is 18.2 Å². The Kier molecular flexibility index (Phi) is 6.97. The van der Waals surface area contributed by atoms with Crippen LogP contribution in [0.3, 0.4) is 0 Å². The third-order valence-corrected chi connectivity index (χ3v) is 5.47. The maximum Gasteiger partial charge on any atom is 0.333 e. The number of nitrogens with two attached hydrogens (primary N) is 1. The summed E-state index contributed by atoms with van der Waals surface area (Å²) < 4.78 is 41.1. The highest BCUT2D eigenvalue weighted by atomic mass is 35.5. The maximum atomic E-state index is 15.0. The minimum absolute atomic E-state index is 0.0520. The monoisotopic (exact) mass is 488 g/mol.